The number of hydrogen-bond acceptors (Lipinski definition) is 2. The van der Waals surface area contributed by atoms with Gasteiger partial charge >= 0.3 is 0 Å². The number of benzene rings is 2. The summed E-state index contributed by atoms with van der Waals surface area (Å²) in [5.74, 6) is 0.315. The van der Waals surface area contributed by atoms with Crippen LogP contribution in [0.15, 0.2) is 42.5 Å². The summed E-state index contributed by atoms with van der Waals surface area (Å²) in [7, 11) is 0. The maximum Gasteiger partial charge on any atom is 0.261 e. The molecule has 2 rings (SSSR count). The van der Waals surface area contributed by atoms with E-state index in [2.05, 4.69) is 5.32 Å². The summed E-state index contributed by atoms with van der Waals surface area (Å²) in [5.41, 5.74) is 0.859. The van der Waals surface area contributed by atoms with Gasteiger partial charge in [-0.2, -0.15) is 0 Å². The highest BCUT2D eigenvalue weighted by Gasteiger charge is 2.14. The number of nitrogens with one attached hydrogen (secondary N) is 1. The fourth-order valence-electron chi connectivity index (χ4n) is 1.78. The quantitative estimate of drug-likeness (QED) is 0.839. The van der Waals surface area contributed by atoms with Crippen molar-refractivity contribution in [1.29, 1.82) is 0 Å². The monoisotopic (exact) mass is 357 g/mol. The third-order valence-corrected chi connectivity index (χ3v) is 3.90. The fourth-order valence-corrected chi connectivity index (χ4v) is 2.28. The Morgan fingerprint density at radius 1 is 1.14 bits per heavy atom. The molecule has 0 aromatic heterocycles. The van der Waals surface area contributed by atoms with Gasteiger partial charge in [-0.25, -0.2) is 0 Å². The maximum atomic E-state index is 12.0. The predicted octanol–water partition coefficient (Wildman–Crippen LogP) is 4.73. The minimum atomic E-state index is -0.638. The van der Waals surface area contributed by atoms with Crippen molar-refractivity contribution in [2.45, 2.75) is 19.6 Å². The van der Waals surface area contributed by atoms with Crippen molar-refractivity contribution in [3.05, 3.63) is 63.1 Å². The number of halogens is 3. The topological polar surface area (TPSA) is 38.3 Å². The van der Waals surface area contributed by atoms with E-state index >= 15 is 0 Å². The van der Waals surface area contributed by atoms with Gasteiger partial charge in [-0.1, -0.05) is 46.9 Å². The minimum absolute atomic E-state index is 0.231. The Kier molecular flexibility index (Phi) is 5.95. The highest BCUT2D eigenvalue weighted by Crippen LogP contribution is 2.22. The Hall–Kier alpha value is -1.42. The number of carbonyl (C=O) groups is 1. The summed E-state index contributed by atoms with van der Waals surface area (Å²) in [6.45, 7) is 2.02. The summed E-state index contributed by atoms with van der Waals surface area (Å²) < 4.78 is 5.54. The molecule has 1 atom stereocenters. The molecule has 2 aromatic rings. The van der Waals surface area contributed by atoms with Crippen molar-refractivity contribution in [1.82, 2.24) is 5.32 Å². The second-order valence-electron chi connectivity index (χ2n) is 4.68. The molecule has 0 spiro atoms. The summed E-state index contributed by atoms with van der Waals surface area (Å²) >= 11 is 17.7. The molecule has 2 aromatic carbocycles. The maximum absolute atomic E-state index is 12.0. The summed E-state index contributed by atoms with van der Waals surface area (Å²) in [6, 6.07) is 12.1. The van der Waals surface area contributed by atoms with Crippen LogP contribution in [-0.2, 0) is 11.3 Å². The molecule has 116 valence electrons. The van der Waals surface area contributed by atoms with Crippen LogP contribution in [0.3, 0.4) is 0 Å². The molecule has 22 heavy (non-hydrogen) atoms. The molecular formula is C16H14Cl3NO2. The first-order valence-electron chi connectivity index (χ1n) is 6.59. The van der Waals surface area contributed by atoms with E-state index in [1.54, 1.807) is 49.4 Å². The zero-order valence-corrected chi connectivity index (χ0v) is 14.0. The van der Waals surface area contributed by atoms with Crippen molar-refractivity contribution in [2.24, 2.45) is 0 Å². The van der Waals surface area contributed by atoms with E-state index in [4.69, 9.17) is 39.5 Å². The zero-order chi connectivity index (χ0) is 16.1. The van der Waals surface area contributed by atoms with E-state index in [1.165, 1.54) is 0 Å². The standard InChI is InChI=1S/C16H14Cl3NO2/c1-10(22-13-4-2-3-12(17)8-13)16(21)20-9-11-5-6-14(18)15(19)7-11/h2-8,10H,9H2,1H3,(H,20,21)/t10-/m0/s1. The average molecular weight is 359 g/mol. The normalized spacial score (nSPS) is 11.8. The van der Waals surface area contributed by atoms with Crippen LogP contribution in [-0.4, -0.2) is 12.0 Å². The van der Waals surface area contributed by atoms with Gasteiger partial charge in [0.05, 0.1) is 10.0 Å². The van der Waals surface area contributed by atoms with Crippen LogP contribution >= 0.6 is 34.8 Å². The summed E-state index contributed by atoms with van der Waals surface area (Å²) in [6.07, 6.45) is -0.638. The van der Waals surface area contributed by atoms with Crippen molar-refractivity contribution < 1.29 is 9.53 Å². The Labute approximate surface area is 144 Å². The number of hydrogen-bond donors (Lipinski definition) is 1. The van der Waals surface area contributed by atoms with Gasteiger partial charge in [-0.05, 0) is 42.8 Å². The van der Waals surface area contributed by atoms with E-state index in [0.717, 1.165) is 5.56 Å². The van der Waals surface area contributed by atoms with E-state index in [1.807, 2.05) is 0 Å². The SMILES string of the molecule is C[C@H](Oc1cccc(Cl)c1)C(=O)NCc1ccc(Cl)c(Cl)c1. The minimum Gasteiger partial charge on any atom is -0.481 e. The lowest BCUT2D eigenvalue weighted by Gasteiger charge is -2.15. The Bertz CT molecular complexity index is 676. The second kappa shape index (κ2) is 7.73. The molecule has 0 aliphatic rings. The molecule has 0 unspecified atom stereocenters. The number of ether oxygens (including phenoxy) is 1. The lowest BCUT2D eigenvalue weighted by atomic mass is 10.2. The zero-order valence-electron chi connectivity index (χ0n) is 11.8. The van der Waals surface area contributed by atoms with E-state index < -0.39 is 6.10 Å². The van der Waals surface area contributed by atoms with Crippen molar-refractivity contribution >= 4 is 40.7 Å². The summed E-state index contributed by atoms with van der Waals surface area (Å²) in [4.78, 5) is 12.0. The van der Waals surface area contributed by atoms with Crippen LogP contribution in [0, 0.1) is 0 Å². The van der Waals surface area contributed by atoms with Gasteiger partial charge in [0, 0.05) is 11.6 Å². The molecule has 0 bridgehead atoms. The first kappa shape index (κ1) is 16.9. The molecule has 3 nitrogen and oxygen atoms in total. The molecule has 0 saturated heterocycles. The molecule has 1 N–H and O–H groups in total. The Balaban J connectivity index is 1.89. The van der Waals surface area contributed by atoms with Gasteiger partial charge in [0.2, 0.25) is 0 Å². The van der Waals surface area contributed by atoms with E-state index in [9.17, 15) is 4.79 Å². The molecule has 0 aliphatic carbocycles. The highest BCUT2D eigenvalue weighted by molar-refractivity contribution is 6.42. The van der Waals surface area contributed by atoms with Crippen LogP contribution < -0.4 is 10.1 Å². The van der Waals surface area contributed by atoms with Crippen molar-refractivity contribution in [2.75, 3.05) is 0 Å². The van der Waals surface area contributed by atoms with Crippen molar-refractivity contribution in [3.63, 3.8) is 0 Å². The molecule has 0 aliphatic heterocycles. The molecule has 0 heterocycles. The Morgan fingerprint density at radius 2 is 1.91 bits per heavy atom. The smallest absolute Gasteiger partial charge is 0.261 e. The molecule has 0 fully saturated rings. The third kappa shape index (κ3) is 4.80. The molecule has 0 saturated carbocycles. The van der Waals surface area contributed by atoms with Crippen LogP contribution in [0.5, 0.6) is 5.75 Å². The molecule has 6 heteroatoms. The highest BCUT2D eigenvalue weighted by atomic mass is 35.5. The van der Waals surface area contributed by atoms with Crippen LogP contribution in [0.2, 0.25) is 15.1 Å². The van der Waals surface area contributed by atoms with Crippen LogP contribution in [0.25, 0.3) is 0 Å². The van der Waals surface area contributed by atoms with E-state index in [-0.39, 0.29) is 5.91 Å². The van der Waals surface area contributed by atoms with Gasteiger partial charge in [0.1, 0.15) is 5.75 Å². The van der Waals surface area contributed by atoms with Gasteiger partial charge in [0.25, 0.3) is 5.91 Å². The van der Waals surface area contributed by atoms with Gasteiger partial charge in [-0.3, -0.25) is 4.79 Å². The number of amides is 1. The first-order chi connectivity index (χ1) is 10.5. The number of rotatable bonds is 5. The number of carbonyl (C=O) groups excluding carboxylic acids is 1. The average Bonchev–Trinajstić information content (AvgIpc) is 2.48. The first-order valence-corrected chi connectivity index (χ1v) is 7.73. The second-order valence-corrected chi connectivity index (χ2v) is 5.93. The van der Waals surface area contributed by atoms with Gasteiger partial charge in [-0.15, -0.1) is 0 Å². The molecule has 0 radical (unpaired) electrons. The van der Waals surface area contributed by atoms with Gasteiger partial charge in [0.15, 0.2) is 6.10 Å². The lowest BCUT2D eigenvalue weighted by Crippen LogP contribution is -2.35. The molecular weight excluding hydrogens is 345 g/mol. The fraction of sp³-hybridized carbons (Fsp3) is 0.188. The van der Waals surface area contributed by atoms with Crippen LogP contribution in [0.1, 0.15) is 12.5 Å². The lowest BCUT2D eigenvalue weighted by molar-refractivity contribution is -0.127. The third-order valence-electron chi connectivity index (χ3n) is 2.93. The van der Waals surface area contributed by atoms with E-state index in [0.29, 0.717) is 27.4 Å². The van der Waals surface area contributed by atoms with Crippen molar-refractivity contribution in [3.8, 4) is 5.75 Å². The predicted molar refractivity (Wildman–Crippen MR) is 89.9 cm³/mol. The summed E-state index contributed by atoms with van der Waals surface area (Å²) in [5, 5.41) is 4.27. The largest absolute Gasteiger partial charge is 0.481 e. The molecule has 1 amide bonds. The Morgan fingerprint density at radius 3 is 2.59 bits per heavy atom. The van der Waals surface area contributed by atoms with Gasteiger partial charge < -0.3 is 10.1 Å². The van der Waals surface area contributed by atoms with Crippen LogP contribution in [0.4, 0.5) is 0 Å².